The molecule has 0 radical (unpaired) electrons. The van der Waals surface area contributed by atoms with Crippen molar-refractivity contribution >= 4 is 17.6 Å². The highest BCUT2D eigenvalue weighted by molar-refractivity contribution is 5.92. The van der Waals surface area contributed by atoms with Crippen molar-refractivity contribution in [2.24, 2.45) is 16.6 Å². The van der Waals surface area contributed by atoms with Crippen molar-refractivity contribution in [1.82, 2.24) is 5.32 Å². The number of halogens is 3. The Balaban J connectivity index is 2.36. The first-order valence-corrected chi connectivity index (χ1v) is 7.38. The number of anilines is 1. The molecule has 0 heterocycles. The molecule has 0 bridgehead atoms. The molecule has 134 valence electrons. The van der Waals surface area contributed by atoms with E-state index in [1.807, 2.05) is 0 Å². The number of carbonyl (C=O) groups excluding carboxylic acids is 1. The summed E-state index contributed by atoms with van der Waals surface area (Å²) in [7, 11) is 0. The molecule has 0 atom stereocenters. The van der Waals surface area contributed by atoms with Crippen LogP contribution in [0.25, 0.3) is 0 Å². The van der Waals surface area contributed by atoms with Crippen LogP contribution in [0.4, 0.5) is 18.9 Å². The number of hydrogen-bond acceptors (Lipinski definition) is 3. The third kappa shape index (κ3) is 8.25. The molecule has 1 amide bonds. The van der Waals surface area contributed by atoms with Crippen LogP contribution in [0.1, 0.15) is 20.3 Å². The number of benzene rings is 1. The maximum absolute atomic E-state index is 12.0. The third-order valence-electron chi connectivity index (χ3n) is 2.80. The normalized spacial score (nSPS) is 12.2. The zero-order chi connectivity index (χ0) is 18.2. The maximum Gasteiger partial charge on any atom is 0.573 e. The van der Waals surface area contributed by atoms with Crippen molar-refractivity contribution in [2.75, 3.05) is 18.4 Å². The zero-order valence-corrected chi connectivity index (χ0v) is 13.5. The Kier molecular flexibility index (Phi) is 7.34. The highest BCUT2D eigenvalue weighted by Gasteiger charge is 2.30. The van der Waals surface area contributed by atoms with Crippen molar-refractivity contribution in [2.45, 2.75) is 26.6 Å². The molecule has 1 rings (SSSR count). The number of nitrogens with zero attached hydrogens (tertiary/aromatic N) is 1. The Labute approximate surface area is 138 Å². The molecule has 0 saturated heterocycles. The van der Waals surface area contributed by atoms with E-state index in [1.165, 1.54) is 24.3 Å². The molecule has 0 fully saturated rings. The summed E-state index contributed by atoms with van der Waals surface area (Å²) in [4.78, 5) is 15.4. The lowest BCUT2D eigenvalue weighted by Gasteiger charge is -2.10. The van der Waals surface area contributed by atoms with Gasteiger partial charge in [0.25, 0.3) is 0 Å². The van der Waals surface area contributed by atoms with E-state index >= 15 is 0 Å². The van der Waals surface area contributed by atoms with Crippen LogP contribution in [0.2, 0.25) is 0 Å². The SMILES string of the molecule is CC(C)C(=O)NCCCN=C(N)Nc1ccc(OC(F)(F)F)cc1. The summed E-state index contributed by atoms with van der Waals surface area (Å²) >= 11 is 0. The Morgan fingerprint density at radius 1 is 1.29 bits per heavy atom. The van der Waals surface area contributed by atoms with Crippen LogP contribution in [0.3, 0.4) is 0 Å². The minimum absolute atomic E-state index is 0.0220. The van der Waals surface area contributed by atoms with E-state index in [4.69, 9.17) is 5.73 Å². The van der Waals surface area contributed by atoms with Gasteiger partial charge in [0.15, 0.2) is 5.96 Å². The molecule has 0 aliphatic heterocycles. The maximum atomic E-state index is 12.0. The van der Waals surface area contributed by atoms with Gasteiger partial charge in [0.2, 0.25) is 5.91 Å². The van der Waals surface area contributed by atoms with Gasteiger partial charge in [-0.25, -0.2) is 0 Å². The molecule has 9 heteroatoms. The van der Waals surface area contributed by atoms with Gasteiger partial charge in [-0.1, -0.05) is 13.8 Å². The van der Waals surface area contributed by atoms with E-state index in [2.05, 4.69) is 20.4 Å². The van der Waals surface area contributed by atoms with Crippen LogP contribution in [0.15, 0.2) is 29.3 Å². The molecule has 24 heavy (non-hydrogen) atoms. The minimum Gasteiger partial charge on any atom is -0.406 e. The summed E-state index contributed by atoms with van der Waals surface area (Å²) in [6, 6.07) is 5.13. The topological polar surface area (TPSA) is 88.7 Å². The smallest absolute Gasteiger partial charge is 0.406 e. The van der Waals surface area contributed by atoms with E-state index in [-0.39, 0.29) is 23.5 Å². The van der Waals surface area contributed by atoms with Crippen LogP contribution in [-0.2, 0) is 4.79 Å². The van der Waals surface area contributed by atoms with Crippen LogP contribution in [0, 0.1) is 5.92 Å². The summed E-state index contributed by atoms with van der Waals surface area (Å²) in [6.45, 7) is 4.52. The quantitative estimate of drug-likeness (QED) is 0.402. The number of alkyl halides is 3. The molecule has 0 aliphatic rings. The molecule has 0 saturated carbocycles. The number of amides is 1. The van der Waals surface area contributed by atoms with Gasteiger partial charge in [0, 0.05) is 24.7 Å². The fourth-order valence-electron chi connectivity index (χ4n) is 1.62. The predicted molar refractivity (Wildman–Crippen MR) is 85.7 cm³/mol. The third-order valence-corrected chi connectivity index (χ3v) is 2.80. The zero-order valence-electron chi connectivity index (χ0n) is 13.5. The van der Waals surface area contributed by atoms with Crippen molar-refractivity contribution in [3.63, 3.8) is 0 Å². The number of aliphatic imine (C=N–C) groups is 1. The van der Waals surface area contributed by atoms with Gasteiger partial charge in [-0.2, -0.15) is 0 Å². The molecule has 1 aromatic rings. The van der Waals surface area contributed by atoms with Gasteiger partial charge in [0.1, 0.15) is 5.75 Å². The van der Waals surface area contributed by atoms with Gasteiger partial charge in [-0.15, -0.1) is 13.2 Å². The first-order valence-electron chi connectivity index (χ1n) is 7.38. The standard InChI is InChI=1S/C15H21F3N4O2/c1-10(2)13(23)20-8-3-9-21-14(19)22-11-4-6-12(7-5-11)24-15(16,17)18/h4-7,10H,3,8-9H2,1-2H3,(H,20,23)(H3,19,21,22). The Hall–Kier alpha value is -2.45. The van der Waals surface area contributed by atoms with E-state index in [1.54, 1.807) is 13.8 Å². The molecule has 0 aromatic heterocycles. The predicted octanol–water partition coefficient (Wildman–Crippen LogP) is 2.47. The van der Waals surface area contributed by atoms with Crippen LogP contribution >= 0.6 is 0 Å². The Morgan fingerprint density at radius 3 is 2.46 bits per heavy atom. The average molecular weight is 346 g/mol. The van der Waals surface area contributed by atoms with Crippen molar-refractivity contribution < 1.29 is 22.7 Å². The van der Waals surface area contributed by atoms with Gasteiger partial charge in [0.05, 0.1) is 0 Å². The molecule has 6 nitrogen and oxygen atoms in total. The number of nitrogens with two attached hydrogens (primary N) is 1. The average Bonchev–Trinajstić information content (AvgIpc) is 2.47. The Bertz CT molecular complexity index is 557. The summed E-state index contributed by atoms with van der Waals surface area (Å²) in [5, 5.41) is 5.51. The largest absolute Gasteiger partial charge is 0.573 e. The number of ether oxygens (including phenoxy) is 1. The fraction of sp³-hybridized carbons (Fsp3) is 0.467. The number of nitrogens with one attached hydrogen (secondary N) is 2. The van der Waals surface area contributed by atoms with Crippen LogP contribution in [-0.4, -0.2) is 31.3 Å². The second-order valence-electron chi connectivity index (χ2n) is 5.26. The second kappa shape index (κ2) is 8.99. The number of hydrogen-bond donors (Lipinski definition) is 3. The summed E-state index contributed by atoms with van der Waals surface area (Å²) < 4.78 is 39.9. The van der Waals surface area contributed by atoms with Gasteiger partial charge in [-0.3, -0.25) is 9.79 Å². The van der Waals surface area contributed by atoms with Gasteiger partial charge in [-0.05, 0) is 30.7 Å². The number of rotatable bonds is 7. The fourth-order valence-corrected chi connectivity index (χ4v) is 1.62. The van der Waals surface area contributed by atoms with E-state index in [9.17, 15) is 18.0 Å². The lowest BCUT2D eigenvalue weighted by molar-refractivity contribution is -0.274. The summed E-state index contributed by atoms with van der Waals surface area (Å²) in [6.07, 6.45) is -4.10. The van der Waals surface area contributed by atoms with Crippen molar-refractivity contribution in [1.29, 1.82) is 0 Å². The van der Waals surface area contributed by atoms with Crippen LogP contribution < -0.4 is 21.1 Å². The molecular formula is C15H21F3N4O2. The summed E-state index contributed by atoms with van der Waals surface area (Å²) in [5.74, 6) is -0.269. The summed E-state index contributed by atoms with van der Waals surface area (Å²) in [5.41, 5.74) is 6.16. The van der Waals surface area contributed by atoms with E-state index in [0.29, 0.717) is 25.2 Å². The molecule has 1 aromatic carbocycles. The second-order valence-corrected chi connectivity index (χ2v) is 5.26. The van der Waals surface area contributed by atoms with E-state index < -0.39 is 6.36 Å². The number of guanidine groups is 1. The highest BCUT2D eigenvalue weighted by atomic mass is 19.4. The molecule has 0 unspecified atom stereocenters. The molecular weight excluding hydrogens is 325 g/mol. The van der Waals surface area contributed by atoms with Gasteiger partial charge < -0.3 is 21.1 Å². The number of carbonyl (C=O) groups is 1. The Morgan fingerprint density at radius 2 is 1.92 bits per heavy atom. The first kappa shape index (κ1) is 19.6. The monoisotopic (exact) mass is 346 g/mol. The van der Waals surface area contributed by atoms with Crippen molar-refractivity contribution in [3.05, 3.63) is 24.3 Å². The minimum atomic E-state index is -4.72. The lowest BCUT2D eigenvalue weighted by Crippen LogP contribution is -2.29. The molecule has 0 aliphatic carbocycles. The van der Waals surface area contributed by atoms with Gasteiger partial charge >= 0.3 is 6.36 Å². The van der Waals surface area contributed by atoms with Crippen molar-refractivity contribution in [3.8, 4) is 5.75 Å². The van der Waals surface area contributed by atoms with Crippen LogP contribution in [0.5, 0.6) is 5.75 Å². The first-order chi connectivity index (χ1) is 11.2. The van der Waals surface area contributed by atoms with E-state index in [0.717, 1.165) is 0 Å². The molecule has 4 N–H and O–H groups in total. The lowest BCUT2D eigenvalue weighted by atomic mass is 10.2. The highest BCUT2D eigenvalue weighted by Crippen LogP contribution is 2.23. The molecule has 0 spiro atoms.